The van der Waals surface area contributed by atoms with Crippen molar-refractivity contribution in [2.24, 2.45) is 0 Å². The fraction of sp³-hybridized carbons (Fsp3) is 0.344. The van der Waals surface area contributed by atoms with Gasteiger partial charge in [0.25, 0.3) is 21.9 Å². The summed E-state index contributed by atoms with van der Waals surface area (Å²) in [6.45, 7) is 5.40. The summed E-state index contributed by atoms with van der Waals surface area (Å²) in [7, 11) is -4.08. The zero-order valence-electron chi connectivity index (χ0n) is 24.4. The van der Waals surface area contributed by atoms with Crippen LogP contribution in [0.25, 0.3) is 11.1 Å². The van der Waals surface area contributed by atoms with Gasteiger partial charge >= 0.3 is 0 Å². The van der Waals surface area contributed by atoms with Crippen LogP contribution in [-0.2, 0) is 19.7 Å². The molecule has 0 spiro atoms. The number of hydrogen-bond donors (Lipinski definition) is 1. The molecule has 1 saturated heterocycles. The van der Waals surface area contributed by atoms with Crippen molar-refractivity contribution in [3.8, 4) is 11.1 Å². The highest BCUT2D eigenvalue weighted by Gasteiger charge is 2.38. The van der Waals surface area contributed by atoms with Crippen LogP contribution in [0, 0.1) is 0 Å². The minimum Gasteiger partial charge on any atom is -0.335 e. The van der Waals surface area contributed by atoms with E-state index >= 15 is 0 Å². The monoisotopic (exact) mass is 639 g/mol. The molecule has 0 unspecified atom stereocenters. The highest BCUT2D eigenvalue weighted by molar-refractivity contribution is 8.03. The first-order valence-electron chi connectivity index (χ1n) is 14.5. The molecule has 0 aliphatic carbocycles. The maximum atomic E-state index is 13.3. The van der Waals surface area contributed by atoms with Crippen LogP contribution >= 0.6 is 24.0 Å². The van der Waals surface area contributed by atoms with Crippen LogP contribution in [0.2, 0.25) is 0 Å². The van der Waals surface area contributed by atoms with Crippen LogP contribution in [-0.4, -0.2) is 65.1 Å². The highest BCUT2D eigenvalue weighted by atomic mass is 32.2. The molecular weight excluding hydrogens is 603 g/mol. The number of amides is 2. The number of thioether (sulfide) groups is 1. The van der Waals surface area contributed by atoms with Crippen molar-refractivity contribution in [1.82, 2.24) is 9.80 Å². The molecule has 43 heavy (non-hydrogen) atoms. The van der Waals surface area contributed by atoms with Gasteiger partial charge in [0, 0.05) is 24.5 Å². The van der Waals surface area contributed by atoms with Gasteiger partial charge in [-0.1, -0.05) is 87.0 Å². The van der Waals surface area contributed by atoms with E-state index in [4.69, 9.17) is 12.2 Å². The summed E-state index contributed by atoms with van der Waals surface area (Å²) in [6.07, 6.45) is 10.5. The average molecular weight is 640 g/mol. The molecule has 2 aliphatic rings. The molecule has 2 aliphatic heterocycles. The Morgan fingerprint density at radius 3 is 2.02 bits per heavy atom. The summed E-state index contributed by atoms with van der Waals surface area (Å²) in [5, 5.41) is 1.14. The molecule has 1 N–H and O–H groups in total. The van der Waals surface area contributed by atoms with Gasteiger partial charge in [0.2, 0.25) is 0 Å². The lowest BCUT2D eigenvalue weighted by atomic mass is 10.1. The van der Waals surface area contributed by atoms with Gasteiger partial charge in [-0.3, -0.25) is 23.9 Å². The lowest BCUT2D eigenvalue weighted by Crippen LogP contribution is -2.56. The van der Waals surface area contributed by atoms with E-state index in [2.05, 4.69) is 6.07 Å². The van der Waals surface area contributed by atoms with Crippen molar-refractivity contribution in [1.29, 1.82) is 0 Å². The van der Waals surface area contributed by atoms with E-state index < -0.39 is 10.1 Å². The maximum Gasteiger partial charge on any atom is 0.265 e. The molecule has 0 radical (unpaired) electrons. The second-order valence-corrected chi connectivity index (χ2v) is 13.3. The van der Waals surface area contributed by atoms with Gasteiger partial charge in [-0.25, -0.2) is 0 Å². The first-order chi connectivity index (χ1) is 20.6. The Bertz CT molecular complexity index is 1520. The minimum absolute atomic E-state index is 0.0790. The van der Waals surface area contributed by atoms with Gasteiger partial charge in [-0.05, 0) is 66.9 Å². The lowest BCUT2D eigenvalue weighted by molar-refractivity contribution is -0.133. The van der Waals surface area contributed by atoms with E-state index in [-0.39, 0.29) is 34.7 Å². The molecule has 2 aromatic rings. The van der Waals surface area contributed by atoms with Crippen molar-refractivity contribution in [2.75, 3.05) is 30.3 Å². The SMILES string of the molecule is CCCCN1C(=O)C(=CC=CC=C2Sc3cc(-c4ccccc4)ccc3N2CCCS(=O)(=O)O)C(=O)N(CCCC)C1=S. The number of carbonyl (C=O) groups excluding carboxylic acids is 2. The number of anilines is 1. The van der Waals surface area contributed by atoms with Crippen LogP contribution in [0.5, 0.6) is 0 Å². The van der Waals surface area contributed by atoms with E-state index in [1.165, 1.54) is 9.80 Å². The summed E-state index contributed by atoms with van der Waals surface area (Å²) < 4.78 is 32.0. The van der Waals surface area contributed by atoms with Crippen LogP contribution in [0.4, 0.5) is 5.69 Å². The smallest absolute Gasteiger partial charge is 0.265 e. The number of benzene rings is 2. The van der Waals surface area contributed by atoms with Gasteiger partial charge < -0.3 is 4.90 Å². The van der Waals surface area contributed by atoms with Crippen LogP contribution < -0.4 is 4.90 Å². The molecule has 8 nitrogen and oxygen atoms in total. The number of thiocarbonyl (C=S) groups is 1. The topological polar surface area (TPSA) is 98.2 Å². The molecule has 4 rings (SSSR count). The van der Waals surface area contributed by atoms with Gasteiger partial charge in [0.05, 0.1) is 16.5 Å². The molecule has 2 amide bonds. The van der Waals surface area contributed by atoms with Gasteiger partial charge in [-0.15, -0.1) is 0 Å². The third-order valence-corrected chi connectivity index (χ3v) is 9.48. The van der Waals surface area contributed by atoms with Gasteiger partial charge in [0.15, 0.2) is 5.11 Å². The summed E-state index contributed by atoms with van der Waals surface area (Å²) >= 11 is 7.08. The number of fused-ring (bicyclic) bond motifs is 1. The third kappa shape index (κ3) is 8.23. The van der Waals surface area contributed by atoms with Crippen molar-refractivity contribution >= 4 is 56.7 Å². The number of carbonyl (C=O) groups is 2. The number of nitrogens with zero attached hydrogens (tertiary/aromatic N) is 3. The lowest BCUT2D eigenvalue weighted by Gasteiger charge is -2.36. The molecule has 0 atom stereocenters. The summed E-state index contributed by atoms with van der Waals surface area (Å²) in [6, 6.07) is 16.2. The fourth-order valence-corrected chi connectivity index (χ4v) is 6.82. The van der Waals surface area contributed by atoms with E-state index in [1.807, 2.05) is 67.3 Å². The predicted octanol–water partition coefficient (Wildman–Crippen LogP) is 6.42. The Balaban J connectivity index is 1.60. The molecule has 1 fully saturated rings. The van der Waals surface area contributed by atoms with Crippen LogP contribution in [0.1, 0.15) is 46.0 Å². The van der Waals surface area contributed by atoms with Crippen LogP contribution in [0.15, 0.2) is 88.3 Å². The average Bonchev–Trinajstić information content (AvgIpc) is 3.33. The van der Waals surface area contributed by atoms with Gasteiger partial charge in [-0.2, -0.15) is 8.42 Å². The molecule has 0 saturated carbocycles. The van der Waals surface area contributed by atoms with Crippen molar-refractivity contribution in [3.05, 3.63) is 83.4 Å². The minimum atomic E-state index is -4.08. The van der Waals surface area contributed by atoms with Gasteiger partial charge in [0.1, 0.15) is 5.57 Å². The molecule has 228 valence electrons. The Hall–Kier alpha value is -3.25. The number of allylic oxidation sites excluding steroid dienone is 4. The Morgan fingerprint density at radius 1 is 0.814 bits per heavy atom. The Labute approximate surface area is 263 Å². The standard InChI is InChI=1S/C32H37N3O5S3/c1-3-5-19-34-30(36)26(31(37)35(32(34)41)20-6-4-2)15-10-11-16-29-33(21-12-22-43(38,39)40)27-18-17-25(23-28(27)42-29)24-13-8-7-9-14-24/h7-11,13-18,23H,3-6,12,19-22H2,1-2H3,(H,38,39,40). The fourth-order valence-electron chi connectivity index (χ4n) is 4.84. The quantitative estimate of drug-likeness (QED) is 0.116. The van der Waals surface area contributed by atoms with E-state index in [9.17, 15) is 22.6 Å². The molecule has 2 aromatic carbocycles. The second kappa shape index (κ2) is 15.0. The van der Waals surface area contributed by atoms with Crippen molar-refractivity contribution in [3.63, 3.8) is 0 Å². The molecule has 11 heteroatoms. The van der Waals surface area contributed by atoms with Crippen molar-refractivity contribution < 1.29 is 22.6 Å². The van der Waals surface area contributed by atoms with E-state index in [0.29, 0.717) is 19.6 Å². The molecular formula is C32H37N3O5S3. The predicted molar refractivity (Wildman–Crippen MR) is 177 cm³/mol. The zero-order chi connectivity index (χ0) is 31.0. The number of rotatable bonds is 13. The largest absolute Gasteiger partial charge is 0.335 e. The Morgan fingerprint density at radius 2 is 1.42 bits per heavy atom. The number of hydrogen-bond acceptors (Lipinski definition) is 7. The number of unbranched alkanes of at least 4 members (excludes halogenated alkanes) is 2. The molecule has 0 aromatic heterocycles. The van der Waals surface area contributed by atoms with Crippen LogP contribution in [0.3, 0.4) is 0 Å². The van der Waals surface area contributed by atoms with E-state index in [0.717, 1.165) is 52.4 Å². The molecule has 2 heterocycles. The first-order valence-corrected chi connectivity index (χ1v) is 17.3. The molecule has 0 bridgehead atoms. The summed E-state index contributed by atoms with van der Waals surface area (Å²) in [5.41, 5.74) is 3.19. The summed E-state index contributed by atoms with van der Waals surface area (Å²) in [5.74, 6) is -1.09. The van der Waals surface area contributed by atoms with Crippen molar-refractivity contribution in [2.45, 2.75) is 50.8 Å². The third-order valence-electron chi connectivity index (χ3n) is 7.12. The van der Waals surface area contributed by atoms with E-state index in [1.54, 1.807) is 30.0 Å². The normalized spacial score (nSPS) is 16.6. The summed E-state index contributed by atoms with van der Waals surface area (Å²) in [4.78, 5) is 32.6. The highest BCUT2D eigenvalue weighted by Crippen LogP contribution is 2.47. The maximum absolute atomic E-state index is 13.3. The zero-order valence-corrected chi connectivity index (χ0v) is 26.9. The Kier molecular flexibility index (Phi) is 11.4. The first kappa shape index (κ1) is 32.7. The second-order valence-electron chi connectivity index (χ2n) is 10.3.